The van der Waals surface area contributed by atoms with E-state index in [0.717, 1.165) is 37.4 Å². The Hall–Kier alpha value is -2.79. The number of hydrogen-bond donors (Lipinski definition) is 0. The molecule has 0 amide bonds. The molecule has 0 atom stereocenters. The van der Waals surface area contributed by atoms with Gasteiger partial charge in [-0.15, -0.1) is 0 Å². The molecule has 0 unspecified atom stereocenters. The van der Waals surface area contributed by atoms with Crippen LogP contribution in [-0.2, 0) is 31.8 Å². The molecule has 0 aliphatic carbocycles. The van der Waals surface area contributed by atoms with Gasteiger partial charge in [-0.3, -0.25) is 18.8 Å². The summed E-state index contributed by atoms with van der Waals surface area (Å²) >= 11 is 0. The summed E-state index contributed by atoms with van der Waals surface area (Å²) < 4.78 is 14.7. The van der Waals surface area contributed by atoms with Gasteiger partial charge in [-0.1, -0.05) is 5.16 Å². The van der Waals surface area contributed by atoms with E-state index in [1.54, 1.807) is 11.6 Å². The summed E-state index contributed by atoms with van der Waals surface area (Å²) in [6.45, 7) is 4.39. The van der Waals surface area contributed by atoms with Gasteiger partial charge in [0.15, 0.2) is 17.0 Å². The van der Waals surface area contributed by atoms with Crippen molar-refractivity contribution in [3.8, 4) is 0 Å². The molecule has 1 fully saturated rings. The van der Waals surface area contributed by atoms with Gasteiger partial charge in [-0.25, -0.2) is 9.78 Å². The zero-order chi connectivity index (χ0) is 19.0. The minimum atomic E-state index is -0.414. The van der Waals surface area contributed by atoms with E-state index in [1.807, 2.05) is 0 Å². The van der Waals surface area contributed by atoms with Crippen LogP contribution in [-0.4, -0.2) is 66.6 Å². The Kier molecular flexibility index (Phi) is 4.62. The molecular weight excluding hydrogens is 354 g/mol. The number of aryl methyl sites for hydroxylation is 1. The van der Waals surface area contributed by atoms with Crippen LogP contribution in [0.25, 0.3) is 11.2 Å². The van der Waals surface area contributed by atoms with E-state index in [0.29, 0.717) is 29.3 Å². The third-order valence-corrected chi connectivity index (χ3v) is 4.78. The Morgan fingerprint density at radius 2 is 1.93 bits per heavy atom. The zero-order valence-electron chi connectivity index (χ0n) is 15.3. The van der Waals surface area contributed by atoms with Crippen LogP contribution in [0, 0.1) is 0 Å². The van der Waals surface area contributed by atoms with Crippen LogP contribution in [0.1, 0.15) is 11.7 Å². The molecule has 0 N–H and O–H groups in total. The Balaban J connectivity index is 1.52. The molecule has 0 spiro atoms. The van der Waals surface area contributed by atoms with Crippen molar-refractivity contribution in [1.29, 1.82) is 0 Å². The minimum absolute atomic E-state index is 0.241. The lowest BCUT2D eigenvalue weighted by Gasteiger charge is -2.25. The monoisotopic (exact) mass is 375 g/mol. The zero-order valence-corrected chi connectivity index (χ0v) is 15.3. The Labute approximate surface area is 153 Å². The van der Waals surface area contributed by atoms with Gasteiger partial charge in [-0.2, -0.15) is 4.98 Å². The smallest absolute Gasteiger partial charge is 0.332 e. The van der Waals surface area contributed by atoms with Gasteiger partial charge in [-0.05, 0) is 0 Å². The molecule has 0 bridgehead atoms. The van der Waals surface area contributed by atoms with Crippen LogP contribution in [0.15, 0.2) is 20.4 Å². The fourth-order valence-electron chi connectivity index (χ4n) is 3.20. The van der Waals surface area contributed by atoms with E-state index in [1.165, 1.54) is 17.9 Å². The van der Waals surface area contributed by atoms with Gasteiger partial charge in [0, 0.05) is 40.2 Å². The minimum Gasteiger partial charge on any atom is -0.379 e. The highest BCUT2D eigenvalue weighted by Gasteiger charge is 2.17. The molecule has 0 aromatic carbocycles. The van der Waals surface area contributed by atoms with Gasteiger partial charge in [0.05, 0.1) is 26.1 Å². The van der Waals surface area contributed by atoms with Crippen LogP contribution in [0.3, 0.4) is 0 Å². The van der Waals surface area contributed by atoms with Crippen molar-refractivity contribution < 1.29 is 9.26 Å². The molecule has 3 aromatic rings. The fraction of sp³-hybridized carbons (Fsp3) is 0.562. The predicted molar refractivity (Wildman–Crippen MR) is 94.6 cm³/mol. The lowest BCUT2D eigenvalue weighted by Crippen LogP contribution is -2.37. The molecule has 1 saturated heterocycles. The van der Waals surface area contributed by atoms with E-state index in [4.69, 9.17) is 9.26 Å². The number of rotatable bonds is 5. The van der Waals surface area contributed by atoms with Crippen molar-refractivity contribution in [2.45, 2.75) is 13.0 Å². The summed E-state index contributed by atoms with van der Waals surface area (Å²) in [6.07, 6.45) is 2.17. The molecule has 27 heavy (non-hydrogen) atoms. The third-order valence-electron chi connectivity index (χ3n) is 4.78. The maximum absolute atomic E-state index is 12.5. The summed E-state index contributed by atoms with van der Waals surface area (Å²) in [6, 6.07) is 0. The SMILES string of the molecule is Cn1c(=O)c2c(ncn2Cc2noc(CCN3CCOCC3)n2)n(C)c1=O. The van der Waals surface area contributed by atoms with E-state index in [2.05, 4.69) is 20.0 Å². The molecule has 3 aromatic heterocycles. The quantitative estimate of drug-likeness (QED) is 0.543. The average molecular weight is 375 g/mol. The highest BCUT2D eigenvalue weighted by atomic mass is 16.5. The van der Waals surface area contributed by atoms with Gasteiger partial charge in [0.25, 0.3) is 5.56 Å². The maximum atomic E-state index is 12.5. The summed E-state index contributed by atoms with van der Waals surface area (Å²) in [5.74, 6) is 1.02. The van der Waals surface area contributed by atoms with Crippen molar-refractivity contribution in [1.82, 2.24) is 33.7 Å². The lowest BCUT2D eigenvalue weighted by molar-refractivity contribution is 0.0375. The number of aromatic nitrogens is 6. The van der Waals surface area contributed by atoms with Crippen LogP contribution < -0.4 is 11.2 Å². The second-order valence-corrected chi connectivity index (χ2v) is 6.56. The second-order valence-electron chi connectivity index (χ2n) is 6.56. The molecule has 0 saturated carbocycles. The van der Waals surface area contributed by atoms with Crippen LogP contribution >= 0.6 is 0 Å². The Bertz CT molecular complexity index is 1070. The van der Waals surface area contributed by atoms with E-state index in [9.17, 15) is 9.59 Å². The largest absolute Gasteiger partial charge is 0.379 e. The van der Waals surface area contributed by atoms with Gasteiger partial charge in [0.2, 0.25) is 5.89 Å². The third kappa shape index (κ3) is 3.30. The number of morpholine rings is 1. The first-order valence-electron chi connectivity index (χ1n) is 8.77. The highest BCUT2D eigenvalue weighted by molar-refractivity contribution is 5.70. The van der Waals surface area contributed by atoms with E-state index in [-0.39, 0.29) is 6.54 Å². The topological polar surface area (TPSA) is 113 Å². The Morgan fingerprint density at radius 1 is 1.15 bits per heavy atom. The number of imidazole rings is 1. The summed E-state index contributed by atoms with van der Waals surface area (Å²) in [5, 5.41) is 4.00. The number of nitrogens with zero attached hydrogens (tertiary/aromatic N) is 7. The summed E-state index contributed by atoms with van der Waals surface area (Å²) in [5.41, 5.74) is -0.150. The lowest BCUT2D eigenvalue weighted by atomic mass is 10.3. The molecule has 144 valence electrons. The predicted octanol–water partition coefficient (Wildman–Crippen LogP) is -1.26. The molecule has 11 nitrogen and oxygen atoms in total. The molecular formula is C16H21N7O4. The highest BCUT2D eigenvalue weighted by Crippen LogP contribution is 2.09. The van der Waals surface area contributed by atoms with Gasteiger partial charge in [0.1, 0.15) is 0 Å². The molecule has 4 rings (SSSR count). The summed E-state index contributed by atoms with van der Waals surface area (Å²) in [7, 11) is 3.03. The molecule has 1 aliphatic heterocycles. The van der Waals surface area contributed by atoms with Crippen LogP contribution in [0.4, 0.5) is 0 Å². The number of hydrogen-bond acceptors (Lipinski definition) is 8. The molecule has 11 heteroatoms. The average Bonchev–Trinajstić information content (AvgIpc) is 3.31. The Morgan fingerprint density at radius 3 is 2.70 bits per heavy atom. The first kappa shape index (κ1) is 17.6. The van der Waals surface area contributed by atoms with Gasteiger partial charge < -0.3 is 13.8 Å². The van der Waals surface area contributed by atoms with Crippen LogP contribution in [0.2, 0.25) is 0 Å². The first-order valence-corrected chi connectivity index (χ1v) is 8.77. The normalized spacial score (nSPS) is 15.6. The fourth-order valence-corrected chi connectivity index (χ4v) is 3.20. The van der Waals surface area contributed by atoms with Crippen LogP contribution in [0.5, 0.6) is 0 Å². The van der Waals surface area contributed by atoms with Crippen molar-refractivity contribution in [2.75, 3.05) is 32.8 Å². The number of ether oxygens (including phenoxy) is 1. The molecule has 1 aliphatic rings. The van der Waals surface area contributed by atoms with Crippen molar-refractivity contribution in [3.05, 3.63) is 38.9 Å². The summed E-state index contributed by atoms with van der Waals surface area (Å²) in [4.78, 5) is 35.4. The van der Waals surface area contributed by atoms with Crippen molar-refractivity contribution >= 4 is 11.2 Å². The number of fused-ring (bicyclic) bond motifs is 1. The van der Waals surface area contributed by atoms with Crippen molar-refractivity contribution in [2.24, 2.45) is 14.1 Å². The van der Waals surface area contributed by atoms with E-state index >= 15 is 0 Å². The molecule has 4 heterocycles. The molecule has 0 radical (unpaired) electrons. The standard InChI is InChI=1S/C16H21N7O4/c1-20-14-13(15(24)21(2)16(20)25)23(10-17-14)9-11-18-12(27-19-11)3-4-22-5-7-26-8-6-22/h10H,3-9H2,1-2H3. The van der Waals surface area contributed by atoms with Gasteiger partial charge >= 0.3 is 5.69 Å². The first-order chi connectivity index (χ1) is 13.0. The maximum Gasteiger partial charge on any atom is 0.332 e. The van der Waals surface area contributed by atoms with E-state index < -0.39 is 11.2 Å². The second kappa shape index (κ2) is 7.08. The van der Waals surface area contributed by atoms with Crippen molar-refractivity contribution in [3.63, 3.8) is 0 Å².